The first kappa shape index (κ1) is 37.4. The van der Waals surface area contributed by atoms with Crippen LogP contribution in [-0.2, 0) is 23.8 Å². The first-order chi connectivity index (χ1) is 24.9. The van der Waals surface area contributed by atoms with Gasteiger partial charge in [-0.25, -0.2) is 9.59 Å². The topological polar surface area (TPSA) is 109 Å². The number of fused-ring (bicyclic) bond motifs is 1. The summed E-state index contributed by atoms with van der Waals surface area (Å²) in [5, 5.41) is 6.13. The summed E-state index contributed by atoms with van der Waals surface area (Å²) in [4.78, 5) is 43.5. The monoisotopic (exact) mass is 710 g/mol. The van der Waals surface area contributed by atoms with E-state index < -0.39 is 0 Å². The highest BCUT2D eigenvalue weighted by Gasteiger charge is 2.51. The van der Waals surface area contributed by atoms with Crippen LogP contribution in [0.3, 0.4) is 0 Å². The van der Waals surface area contributed by atoms with Crippen molar-refractivity contribution in [2.24, 2.45) is 5.41 Å². The third kappa shape index (κ3) is 6.81. The Morgan fingerprint density at radius 3 is 2.50 bits per heavy atom. The van der Waals surface area contributed by atoms with Gasteiger partial charge in [0.15, 0.2) is 5.94 Å². The molecule has 0 radical (unpaired) electrons. The van der Waals surface area contributed by atoms with E-state index in [1.54, 1.807) is 13.2 Å². The molecule has 6 rings (SSSR count). The predicted octanol–water partition coefficient (Wildman–Crippen LogP) is 6.30. The summed E-state index contributed by atoms with van der Waals surface area (Å²) in [6, 6.07) is 4.58. The highest BCUT2D eigenvalue weighted by atomic mass is 16.5. The maximum Gasteiger partial charge on any atom is 0.251 e. The van der Waals surface area contributed by atoms with Gasteiger partial charge in [0.25, 0.3) is 5.91 Å². The van der Waals surface area contributed by atoms with E-state index in [1.807, 2.05) is 25.9 Å². The second kappa shape index (κ2) is 15.0. The Balaban J connectivity index is 1.45. The Bertz CT molecular complexity index is 1850. The van der Waals surface area contributed by atoms with Crippen LogP contribution in [-0.4, -0.2) is 80.4 Å². The van der Waals surface area contributed by atoms with Crippen LogP contribution in [0.2, 0.25) is 0 Å². The number of carbonyl (C=O) groups excluding carboxylic acids is 3. The lowest BCUT2D eigenvalue weighted by molar-refractivity contribution is -0.0588. The zero-order valence-corrected chi connectivity index (χ0v) is 32.1. The van der Waals surface area contributed by atoms with E-state index in [1.165, 1.54) is 5.57 Å². The molecule has 0 bridgehead atoms. The lowest BCUT2D eigenvalue weighted by Gasteiger charge is -2.43. The van der Waals surface area contributed by atoms with E-state index in [0.717, 1.165) is 84.5 Å². The number of dihydropyridines is 1. The van der Waals surface area contributed by atoms with E-state index >= 15 is 0 Å². The first-order valence-corrected chi connectivity index (χ1v) is 18.8. The molecule has 10 nitrogen and oxygen atoms in total. The molecule has 0 saturated carbocycles. The number of anilines is 1. The molecule has 4 heterocycles. The molecule has 2 N–H and O–H groups in total. The van der Waals surface area contributed by atoms with Crippen LogP contribution >= 0.6 is 0 Å². The third-order valence-corrected chi connectivity index (χ3v) is 11.5. The highest BCUT2D eigenvalue weighted by Crippen LogP contribution is 2.57. The number of rotatable bonds is 9. The summed E-state index contributed by atoms with van der Waals surface area (Å²) in [5.41, 5.74) is 8.68. The Hall–Kier alpha value is -4.33. The largest absolute Gasteiger partial charge is 0.496 e. The van der Waals surface area contributed by atoms with Gasteiger partial charge in [0, 0.05) is 78.6 Å². The van der Waals surface area contributed by atoms with Crippen molar-refractivity contribution in [3.63, 3.8) is 0 Å². The number of nitrogens with one attached hydrogen (secondary N) is 2. The van der Waals surface area contributed by atoms with E-state index in [2.05, 4.69) is 73.1 Å². The minimum absolute atomic E-state index is 0.0751. The van der Waals surface area contributed by atoms with E-state index in [-0.39, 0.29) is 41.2 Å². The van der Waals surface area contributed by atoms with Crippen molar-refractivity contribution >= 4 is 29.1 Å². The molecule has 2 fully saturated rings. The zero-order chi connectivity index (χ0) is 37.4. The molecule has 0 aromatic heterocycles. The lowest BCUT2D eigenvalue weighted by Crippen LogP contribution is -2.46. The van der Waals surface area contributed by atoms with Crippen LogP contribution in [0, 0.1) is 12.3 Å². The quantitative estimate of drug-likeness (QED) is 0.286. The fraction of sp³-hybridized carbons (Fsp3) is 0.548. The molecule has 278 valence electrons. The van der Waals surface area contributed by atoms with Crippen molar-refractivity contribution in [3.8, 4) is 0 Å². The smallest absolute Gasteiger partial charge is 0.251 e. The Morgan fingerprint density at radius 2 is 1.87 bits per heavy atom. The van der Waals surface area contributed by atoms with Gasteiger partial charge in [0.1, 0.15) is 23.1 Å². The van der Waals surface area contributed by atoms with Gasteiger partial charge in [-0.1, -0.05) is 0 Å². The molecule has 1 aromatic carbocycles. The molecule has 1 aromatic rings. The molecule has 2 saturated heterocycles. The van der Waals surface area contributed by atoms with Crippen molar-refractivity contribution in [2.75, 3.05) is 44.9 Å². The molecule has 1 aliphatic carbocycles. The molecule has 10 heteroatoms. The minimum Gasteiger partial charge on any atom is -0.496 e. The van der Waals surface area contributed by atoms with Crippen molar-refractivity contribution in [1.82, 2.24) is 15.5 Å². The molecule has 1 spiro atoms. The summed E-state index contributed by atoms with van der Waals surface area (Å²) in [6.07, 6.45) is 8.99. The van der Waals surface area contributed by atoms with Crippen molar-refractivity contribution < 1.29 is 28.6 Å². The lowest BCUT2D eigenvalue weighted by atomic mass is 9.70. The Kier molecular flexibility index (Phi) is 10.8. The normalized spacial score (nSPS) is 22.4. The van der Waals surface area contributed by atoms with E-state index in [9.17, 15) is 14.4 Å². The van der Waals surface area contributed by atoms with Crippen molar-refractivity contribution in [2.45, 2.75) is 105 Å². The van der Waals surface area contributed by atoms with Gasteiger partial charge in [0.2, 0.25) is 0 Å². The standard InChI is InChI=1S/C42H54N4O6/c1-9-45(31-12-15-52-41(6,7)22-31)36-21-30(19-32(28(36)5)40(49)43-23-33-35(24-47)44-27(4)18-38(33)50-8)29-10-11-34-37(20-29)46(26(2)3)39(25-48)42(34)13-16-51-17-14-42/h18-21,26,31,44H,9-17,22-23H2,1-8H3,(H,43,49). The first-order valence-electron chi connectivity index (χ1n) is 18.8. The molecule has 1 unspecified atom stereocenters. The van der Waals surface area contributed by atoms with Crippen LogP contribution in [0.4, 0.5) is 5.69 Å². The number of nitrogens with zero attached hydrogens (tertiary/aromatic N) is 2. The summed E-state index contributed by atoms with van der Waals surface area (Å²) in [6.45, 7) is 17.3. The number of ether oxygens (including phenoxy) is 3. The van der Waals surface area contributed by atoms with Gasteiger partial charge in [-0.15, -0.1) is 0 Å². The minimum atomic E-state index is -0.341. The Morgan fingerprint density at radius 1 is 1.12 bits per heavy atom. The fourth-order valence-corrected chi connectivity index (χ4v) is 9.01. The summed E-state index contributed by atoms with van der Waals surface area (Å²) >= 11 is 0. The van der Waals surface area contributed by atoms with Crippen molar-refractivity contribution in [1.29, 1.82) is 0 Å². The number of hydrogen-bond acceptors (Lipinski definition) is 9. The molecule has 1 amide bonds. The molecule has 52 heavy (non-hydrogen) atoms. The number of carbonyl (C=O) groups is 1. The number of amides is 1. The fourth-order valence-electron chi connectivity index (χ4n) is 9.01. The van der Waals surface area contributed by atoms with Gasteiger partial charge in [-0.05, 0) is 134 Å². The molecule has 4 aliphatic heterocycles. The second-order valence-corrected chi connectivity index (χ2v) is 15.5. The average Bonchev–Trinajstić information content (AvgIpc) is 3.39. The number of benzene rings is 1. The van der Waals surface area contributed by atoms with Gasteiger partial charge in [0.05, 0.1) is 12.7 Å². The molecular weight excluding hydrogens is 656 g/mol. The van der Waals surface area contributed by atoms with Gasteiger partial charge in [-0.2, -0.15) is 0 Å². The van der Waals surface area contributed by atoms with Gasteiger partial charge in [-0.3, -0.25) is 4.79 Å². The number of allylic oxidation sites excluding steroid dienone is 5. The predicted molar refractivity (Wildman–Crippen MR) is 203 cm³/mol. The van der Waals surface area contributed by atoms with E-state index in [4.69, 9.17) is 14.2 Å². The zero-order valence-electron chi connectivity index (χ0n) is 32.1. The summed E-state index contributed by atoms with van der Waals surface area (Å²) in [7, 11) is 1.55. The van der Waals surface area contributed by atoms with E-state index in [0.29, 0.717) is 36.7 Å². The SMILES string of the molecule is CCN(c1cc(C2=CC3=C(CC2)C2(CCOCC2)C(=C=O)N3C(C)C)cc(C(=O)NCC2=C(OC)C=C(C)NC2=C=O)c1C)C1CCOC(C)(C)C1. The summed E-state index contributed by atoms with van der Waals surface area (Å²) in [5.74, 6) is 4.62. The van der Waals surface area contributed by atoms with Crippen LogP contribution in [0.15, 0.2) is 64.0 Å². The van der Waals surface area contributed by atoms with Crippen LogP contribution in [0.5, 0.6) is 0 Å². The molecular formula is C42H54N4O6. The maximum absolute atomic E-state index is 14.3. The van der Waals surface area contributed by atoms with Crippen molar-refractivity contribution in [3.05, 3.63) is 80.7 Å². The number of methoxy groups -OCH3 is 1. The summed E-state index contributed by atoms with van der Waals surface area (Å²) < 4.78 is 17.5. The Labute approximate surface area is 308 Å². The van der Waals surface area contributed by atoms with Gasteiger partial charge >= 0.3 is 0 Å². The van der Waals surface area contributed by atoms with Crippen LogP contribution < -0.4 is 15.5 Å². The van der Waals surface area contributed by atoms with Crippen LogP contribution in [0.1, 0.15) is 102 Å². The molecule has 1 atom stereocenters. The highest BCUT2D eigenvalue weighted by molar-refractivity contribution is 5.99. The number of hydrogen-bond donors (Lipinski definition) is 2. The third-order valence-electron chi connectivity index (χ3n) is 11.5. The second-order valence-electron chi connectivity index (χ2n) is 15.5. The average molecular weight is 711 g/mol. The van der Waals surface area contributed by atoms with Crippen LogP contribution in [0.25, 0.3) is 5.57 Å². The molecule has 5 aliphatic rings. The maximum atomic E-state index is 14.3. The van der Waals surface area contributed by atoms with Gasteiger partial charge < -0.3 is 34.6 Å².